The summed E-state index contributed by atoms with van der Waals surface area (Å²) in [4.78, 5) is 20.1. The molecular weight excluding hydrogens is 409 g/mol. The molecule has 1 heterocycles. The summed E-state index contributed by atoms with van der Waals surface area (Å²) in [6.45, 7) is 5.60. The SMILES string of the molecule is C=C(Nc1ccccc1Nc1cc(-c2ccc(C(F)(F)F)cc2)ncn1)C(=O)OCC. The van der Waals surface area contributed by atoms with Gasteiger partial charge in [0.1, 0.15) is 17.8 Å². The number of aromatic nitrogens is 2. The Bertz CT molecular complexity index is 1080. The van der Waals surface area contributed by atoms with Crippen LogP contribution in [0.2, 0.25) is 0 Å². The van der Waals surface area contributed by atoms with Crippen LogP contribution in [0.25, 0.3) is 11.3 Å². The first-order chi connectivity index (χ1) is 14.8. The van der Waals surface area contributed by atoms with Crippen molar-refractivity contribution in [2.24, 2.45) is 0 Å². The molecule has 2 aromatic carbocycles. The zero-order valence-corrected chi connectivity index (χ0v) is 16.5. The van der Waals surface area contributed by atoms with Gasteiger partial charge in [-0.05, 0) is 31.2 Å². The Kier molecular flexibility index (Phi) is 6.54. The summed E-state index contributed by atoms with van der Waals surface area (Å²) in [6.07, 6.45) is -3.09. The summed E-state index contributed by atoms with van der Waals surface area (Å²) in [5.74, 6) is -0.148. The highest BCUT2D eigenvalue weighted by Gasteiger charge is 2.30. The first-order valence-electron chi connectivity index (χ1n) is 9.26. The summed E-state index contributed by atoms with van der Waals surface area (Å²) < 4.78 is 43.2. The number of hydrogen-bond acceptors (Lipinski definition) is 6. The minimum atomic E-state index is -4.40. The third kappa shape index (κ3) is 5.59. The van der Waals surface area contributed by atoms with Crippen LogP contribution in [0.5, 0.6) is 0 Å². The van der Waals surface area contributed by atoms with Crippen molar-refractivity contribution in [2.75, 3.05) is 17.2 Å². The highest BCUT2D eigenvalue weighted by Crippen LogP contribution is 2.31. The molecule has 2 N–H and O–H groups in total. The van der Waals surface area contributed by atoms with Crippen LogP contribution in [0.3, 0.4) is 0 Å². The predicted molar refractivity (Wildman–Crippen MR) is 112 cm³/mol. The molecule has 0 spiro atoms. The number of carbonyl (C=O) groups is 1. The van der Waals surface area contributed by atoms with Crippen LogP contribution in [0, 0.1) is 0 Å². The largest absolute Gasteiger partial charge is 0.461 e. The van der Waals surface area contributed by atoms with E-state index in [1.54, 1.807) is 37.3 Å². The number of halogens is 3. The number of benzene rings is 2. The molecule has 0 radical (unpaired) electrons. The molecule has 0 unspecified atom stereocenters. The number of rotatable bonds is 7. The van der Waals surface area contributed by atoms with E-state index in [1.807, 2.05) is 0 Å². The van der Waals surface area contributed by atoms with Gasteiger partial charge < -0.3 is 15.4 Å². The first-order valence-corrected chi connectivity index (χ1v) is 9.26. The molecule has 0 aliphatic heterocycles. The van der Waals surface area contributed by atoms with Crippen molar-refractivity contribution in [1.29, 1.82) is 0 Å². The number of para-hydroxylation sites is 2. The van der Waals surface area contributed by atoms with E-state index in [4.69, 9.17) is 4.74 Å². The Morgan fingerprint density at radius 1 is 1.06 bits per heavy atom. The Balaban J connectivity index is 1.80. The van der Waals surface area contributed by atoms with E-state index in [9.17, 15) is 18.0 Å². The summed E-state index contributed by atoms with van der Waals surface area (Å²) in [7, 11) is 0. The lowest BCUT2D eigenvalue weighted by Gasteiger charge is -2.14. The Hall–Kier alpha value is -3.88. The molecule has 31 heavy (non-hydrogen) atoms. The fourth-order valence-corrected chi connectivity index (χ4v) is 2.68. The Labute approximate surface area is 176 Å². The molecule has 0 atom stereocenters. The van der Waals surface area contributed by atoms with Gasteiger partial charge in [-0.2, -0.15) is 13.2 Å². The van der Waals surface area contributed by atoms with Crippen LogP contribution < -0.4 is 10.6 Å². The van der Waals surface area contributed by atoms with E-state index in [0.717, 1.165) is 12.1 Å². The summed E-state index contributed by atoms with van der Waals surface area (Å²) in [5, 5.41) is 6.01. The maximum Gasteiger partial charge on any atom is 0.416 e. The molecule has 3 aromatic rings. The second-order valence-electron chi connectivity index (χ2n) is 6.36. The van der Waals surface area contributed by atoms with Crippen molar-refractivity contribution >= 4 is 23.2 Å². The van der Waals surface area contributed by atoms with Gasteiger partial charge >= 0.3 is 12.1 Å². The lowest BCUT2D eigenvalue weighted by molar-refractivity contribution is -0.138. The van der Waals surface area contributed by atoms with Crippen LogP contribution in [-0.2, 0) is 15.7 Å². The average molecular weight is 428 g/mol. The zero-order chi connectivity index (χ0) is 22.4. The quantitative estimate of drug-likeness (QED) is 0.388. The average Bonchev–Trinajstić information content (AvgIpc) is 2.75. The number of esters is 1. The van der Waals surface area contributed by atoms with E-state index in [1.165, 1.54) is 18.5 Å². The van der Waals surface area contributed by atoms with E-state index in [-0.39, 0.29) is 12.3 Å². The maximum absolute atomic E-state index is 12.8. The molecular formula is C22H19F3N4O2. The standard InChI is InChI=1S/C22H19F3N4O2/c1-3-31-21(30)14(2)28-17-6-4-5-7-18(17)29-20-12-19(26-13-27-20)15-8-10-16(11-9-15)22(23,24)25/h4-13,28H,2-3H2,1H3,(H,26,27,29). The number of alkyl halides is 3. The molecule has 6 nitrogen and oxygen atoms in total. The van der Waals surface area contributed by atoms with Crippen molar-refractivity contribution in [3.63, 3.8) is 0 Å². The molecule has 0 aliphatic rings. The van der Waals surface area contributed by atoms with Gasteiger partial charge in [0.2, 0.25) is 0 Å². The molecule has 9 heteroatoms. The summed E-state index contributed by atoms with van der Waals surface area (Å²) >= 11 is 0. The van der Waals surface area contributed by atoms with Gasteiger partial charge in [-0.3, -0.25) is 0 Å². The monoisotopic (exact) mass is 428 g/mol. The number of hydrogen-bond donors (Lipinski definition) is 2. The second-order valence-corrected chi connectivity index (χ2v) is 6.36. The van der Waals surface area contributed by atoms with Crippen molar-refractivity contribution in [3.8, 4) is 11.3 Å². The van der Waals surface area contributed by atoms with Gasteiger partial charge in [0.25, 0.3) is 0 Å². The van der Waals surface area contributed by atoms with Crippen LogP contribution >= 0.6 is 0 Å². The van der Waals surface area contributed by atoms with E-state index in [2.05, 4.69) is 27.2 Å². The van der Waals surface area contributed by atoms with Crippen LogP contribution in [0.4, 0.5) is 30.4 Å². The fourth-order valence-electron chi connectivity index (χ4n) is 2.68. The topological polar surface area (TPSA) is 76.1 Å². The third-order valence-electron chi connectivity index (χ3n) is 4.17. The predicted octanol–water partition coefficient (Wildman–Crippen LogP) is 5.39. The highest BCUT2D eigenvalue weighted by molar-refractivity contribution is 5.92. The number of anilines is 3. The molecule has 0 amide bonds. The van der Waals surface area contributed by atoms with Gasteiger partial charge in [-0.25, -0.2) is 14.8 Å². The first kappa shape index (κ1) is 21.8. The molecule has 0 saturated carbocycles. The molecule has 160 valence electrons. The molecule has 1 aromatic heterocycles. The van der Waals surface area contributed by atoms with Crippen molar-refractivity contribution < 1.29 is 22.7 Å². The second kappa shape index (κ2) is 9.29. The minimum Gasteiger partial charge on any atom is -0.461 e. The van der Waals surface area contributed by atoms with Gasteiger partial charge in [-0.15, -0.1) is 0 Å². The van der Waals surface area contributed by atoms with E-state index < -0.39 is 17.7 Å². The molecule has 3 rings (SSSR count). The lowest BCUT2D eigenvalue weighted by Crippen LogP contribution is -2.14. The highest BCUT2D eigenvalue weighted by atomic mass is 19.4. The Morgan fingerprint density at radius 3 is 2.39 bits per heavy atom. The van der Waals surface area contributed by atoms with Crippen molar-refractivity contribution in [2.45, 2.75) is 13.1 Å². The van der Waals surface area contributed by atoms with Crippen LogP contribution in [0.1, 0.15) is 12.5 Å². The number of carbonyl (C=O) groups excluding carboxylic acids is 1. The Morgan fingerprint density at radius 2 is 1.74 bits per heavy atom. The van der Waals surface area contributed by atoms with Crippen LogP contribution in [0.15, 0.2) is 73.2 Å². The smallest absolute Gasteiger partial charge is 0.416 e. The van der Waals surface area contributed by atoms with Gasteiger partial charge in [0.05, 0.1) is 29.2 Å². The molecule has 0 saturated heterocycles. The third-order valence-corrected chi connectivity index (χ3v) is 4.17. The zero-order valence-electron chi connectivity index (χ0n) is 16.5. The van der Waals surface area contributed by atoms with E-state index >= 15 is 0 Å². The number of nitrogens with zero attached hydrogens (tertiary/aromatic N) is 2. The molecule has 0 aliphatic carbocycles. The maximum atomic E-state index is 12.8. The van der Waals surface area contributed by atoms with Crippen LogP contribution in [-0.4, -0.2) is 22.5 Å². The number of ether oxygens (including phenoxy) is 1. The molecule has 0 bridgehead atoms. The lowest BCUT2D eigenvalue weighted by atomic mass is 10.1. The summed E-state index contributed by atoms with van der Waals surface area (Å²) in [5.41, 5.74) is 1.48. The van der Waals surface area contributed by atoms with Crippen molar-refractivity contribution in [1.82, 2.24) is 9.97 Å². The minimum absolute atomic E-state index is 0.0734. The number of nitrogens with one attached hydrogen (secondary N) is 2. The van der Waals surface area contributed by atoms with Gasteiger partial charge in [0.15, 0.2) is 0 Å². The van der Waals surface area contributed by atoms with Crippen molar-refractivity contribution in [3.05, 3.63) is 78.8 Å². The summed E-state index contributed by atoms with van der Waals surface area (Å²) in [6, 6.07) is 13.4. The van der Waals surface area contributed by atoms with E-state index in [0.29, 0.717) is 28.5 Å². The molecule has 0 fully saturated rings. The fraction of sp³-hybridized carbons (Fsp3) is 0.136. The normalized spacial score (nSPS) is 11.0. The van der Waals surface area contributed by atoms with Gasteiger partial charge in [-0.1, -0.05) is 30.8 Å². The van der Waals surface area contributed by atoms with Gasteiger partial charge in [0, 0.05) is 11.6 Å².